The minimum absolute atomic E-state index is 0.513. The van der Waals surface area contributed by atoms with Crippen molar-refractivity contribution in [3.8, 4) is 11.5 Å². The topological polar surface area (TPSA) is 77.4 Å². The van der Waals surface area contributed by atoms with Gasteiger partial charge in [-0.3, -0.25) is 0 Å². The molecule has 1 aromatic heterocycles. The van der Waals surface area contributed by atoms with Crippen molar-refractivity contribution in [3.63, 3.8) is 0 Å². The van der Waals surface area contributed by atoms with Crippen LogP contribution in [0.1, 0.15) is 11.1 Å². The van der Waals surface area contributed by atoms with Crippen molar-refractivity contribution in [2.45, 2.75) is 13.8 Å². The highest BCUT2D eigenvalue weighted by Crippen LogP contribution is 2.28. The zero-order valence-electron chi connectivity index (χ0n) is 11.7. The number of ether oxygens (including phenoxy) is 1. The van der Waals surface area contributed by atoms with Crippen LogP contribution in [0.2, 0.25) is 0 Å². The highest BCUT2D eigenvalue weighted by atomic mass is 16.5. The summed E-state index contributed by atoms with van der Waals surface area (Å²) in [4.78, 5) is 6.54. The maximum absolute atomic E-state index is 5.90. The van der Waals surface area contributed by atoms with E-state index in [-0.39, 0.29) is 0 Å². The van der Waals surface area contributed by atoms with Crippen LogP contribution in [0.5, 0.6) is 0 Å². The summed E-state index contributed by atoms with van der Waals surface area (Å²) in [6.07, 6.45) is 0. The highest BCUT2D eigenvalue weighted by molar-refractivity contribution is 5.67. The molecule has 6 heteroatoms. The fourth-order valence-electron chi connectivity index (χ4n) is 2.33. The first-order valence-corrected chi connectivity index (χ1v) is 6.68. The van der Waals surface area contributed by atoms with Gasteiger partial charge in [-0.1, -0.05) is 0 Å². The molecule has 2 aromatic rings. The van der Waals surface area contributed by atoms with E-state index in [0.29, 0.717) is 30.7 Å². The van der Waals surface area contributed by atoms with Crippen LogP contribution in [0.3, 0.4) is 0 Å². The third-order valence-electron chi connectivity index (χ3n) is 3.63. The van der Waals surface area contributed by atoms with Gasteiger partial charge in [-0.2, -0.15) is 4.98 Å². The number of nitrogens with zero attached hydrogens (tertiary/aromatic N) is 3. The maximum Gasteiger partial charge on any atom is 0.266 e. The Morgan fingerprint density at radius 2 is 1.95 bits per heavy atom. The number of rotatable bonds is 2. The summed E-state index contributed by atoms with van der Waals surface area (Å²) in [5, 5.41) is 4.06. The summed E-state index contributed by atoms with van der Waals surface area (Å²) in [6, 6.07) is 3.82. The standard InChI is InChI=1S/C14H18N4O2/c1-9-7-11(15)8-12(10(9)2)13-16-14(17-20-13)18-3-5-19-6-4-18/h7-8H,3-6,15H2,1-2H3. The van der Waals surface area contributed by atoms with E-state index >= 15 is 0 Å². The van der Waals surface area contributed by atoms with Crippen molar-refractivity contribution in [1.82, 2.24) is 10.1 Å². The minimum Gasteiger partial charge on any atom is -0.399 e. The predicted molar refractivity (Wildman–Crippen MR) is 76.7 cm³/mol. The molecule has 0 radical (unpaired) electrons. The van der Waals surface area contributed by atoms with E-state index in [4.69, 9.17) is 15.0 Å². The molecule has 0 amide bonds. The molecule has 106 valence electrons. The van der Waals surface area contributed by atoms with E-state index < -0.39 is 0 Å². The van der Waals surface area contributed by atoms with Crippen LogP contribution in [-0.4, -0.2) is 36.4 Å². The molecule has 0 saturated carbocycles. The van der Waals surface area contributed by atoms with Crippen LogP contribution in [-0.2, 0) is 4.74 Å². The van der Waals surface area contributed by atoms with Gasteiger partial charge in [-0.25, -0.2) is 0 Å². The van der Waals surface area contributed by atoms with Crippen molar-refractivity contribution in [2.24, 2.45) is 0 Å². The van der Waals surface area contributed by atoms with Gasteiger partial charge in [-0.15, -0.1) is 0 Å². The van der Waals surface area contributed by atoms with Crippen molar-refractivity contribution >= 4 is 11.6 Å². The third kappa shape index (κ3) is 2.34. The number of hydrogen-bond acceptors (Lipinski definition) is 6. The largest absolute Gasteiger partial charge is 0.399 e. The Morgan fingerprint density at radius 3 is 2.70 bits per heavy atom. The van der Waals surface area contributed by atoms with Gasteiger partial charge in [0.15, 0.2) is 0 Å². The second-order valence-corrected chi connectivity index (χ2v) is 5.01. The Balaban J connectivity index is 1.93. The number of nitrogens with two attached hydrogens (primary N) is 1. The number of anilines is 2. The Hall–Kier alpha value is -2.08. The molecule has 3 rings (SSSR count). The molecule has 6 nitrogen and oxygen atoms in total. The van der Waals surface area contributed by atoms with Crippen molar-refractivity contribution in [2.75, 3.05) is 36.9 Å². The highest BCUT2D eigenvalue weighted by Gasteiger charge is 2.19. The molecule has 0 bridgehead atoms. The number of nitrogen functional groups attached to an aromatic ring is 1. The molecular weight excluding hydrogens is 256 g/mol. The fraction of sp³-hybridized carbons (Fsp3) is 0.429. The summed E-state index contributed by atoms with van der Waals surface area (Å²) in [7, 11) is 0. The van der Waals surface area contributed by atoms with E-state index in [2.05, 4.69) is 15.0 Å². The van der Waals surface area contributed by atoms with Crippen LogP contribution in [0.4, 0.5) is 11.6 Å². The monoisotopic (exact) mass is 274 g/mol. The van der Waals surface area contributed by atoms with E-state index in [1.165, 1.54) is 0 Å². The molecule has 1 aromatic carbocycles. The van der Waals surface area contributed by atoms with E-state index in [9.17, 15) is 0 Å². The molecule has 1 aliphatic rings. The molecule has 1 aliphatic heterocycles. The maximum atomic E-state index is 5.90. The lowest BCUT2D eigenvalue weighted by Gasteiger charge is -2.24. The van der Waals surface area contributed by atoms with E-state index in [1.54, 1.807) is 0 Å². The average Bonchev–Trinajstić information content (AvgIpc) is 2.93. The second-order valence-electron chi connectivity index (χ2n) is 5.01. The molecule has 2 heterocycles. The number of aromatic nitrogens is 2. The van der Waals surface area contributed by atoms with Crippen LogP contribution < -0.4 is 10.6 Å². The zero-order valence-corrected chi connectivity index (χ0v) is 11.7. The average molecular weight is 274 g/mol. The SMILES string of the molecule is Cc1cc(N)cc(-c2nc(N3CCOCC3)no2)c1C. The molecule has 0 unspecified atom stereocenters. The summed E-state index contributed by atoms with van der Waals surface area (Å²) in [5.41, 5.74) is 9.72. The molecule has 1 fully saturated rings. The van der Waals surface area contributed by atoms with Crippen LogP contribution in [0.25, 0.3) is 11.5 Å². The van der Waals surface area contributed by atoms with Gasteiger partial charge >= 0.3 is 0 Å². The quantitative estimate of drug-likeness (QED) is 0.841. The Kier molecular flexibility index (Phi) is 3.31. The van der Waals surface area contributed by atoms with Gasteiger partial charge in [0.2, 0.25) is 0 Å². The molecule has 0 spiro atoms. The van der Waals surface area contributed by atoms with Crippen LogP contribution in [0, 0.1) is 13.8 Å². The van der Waals surface area contributed by atoms with Gasteiger partial charge in [0.25, 0.3) is 11.8 Å². The first kappa shape index (κ1) is 12.9. The fourth-order valence-corrected chi connectivity index (χ4v) is 2.33. The van der Waals surface area contributed by atoms with E-state index in [0.717, 1.165) is 29.8 Å². The van der Waals surface area contributed by atoms with Crippen molar-refractivity contribution in [1.29, 1.82) is 0 Å². The number of aryl methyl sites for hydroxylation is 1. The molecule has 0 aliphatic carbocycles. The molecule has 2 N–H and O–H groups in total. The summed E-state index contributed by atoms with van der Waals surface area (Å²) in [6.45, 7) is 7.01. The number of morpholine rings is 1. The first-order valence-electron chi connectivity index (χ1n) is 6.68. The van der Waals surface area contributed by atoms with Gasteiger partial charge in [0.05, 0.1) is 13.2 Å². The molecule has 1 saturated heterocycles. The lowest BCUT2D eigenvalue weighted by atomic mass is 10.0. The zero-order chi connectivity index (χ0) is 14.1. The second kappa shape index (κ2) is 5.13. The third-order valence-corrected chi connectivity index (χ3v) is 3.63. The molecule has 20 heavy (non-hydrogen) atoms. The van der Waals surface area contributed by atoms with Crippen LogP contribution >= 0.6 is 0 Å². The molecular formula is C14H18N4O2. The summed E-state index contributed by atoms with van der Waals surface area (Å²) >= 11 is 0. The normalized spacial score (nSPS) is 15.6. The predicted octanol–water partition coefficient (Wildman–Crippen LogP) is 1.77. The summed E-state index contributed by atoms with van der Waals surface area (Å²) < 4.78 is 10.7. The Morgan fingerprint density at radius 1 is 1.20 bits per heavy atom. The van der Waals surface area contributed by atoms with Gasteiger partial charge in [-0.05, 0) is 42.3 Å². The lowest BCUT2D eigenvalue weighted by molar-refractivity contribution is 0.121. The van der Waals surface area contributed by atoms with Crippen molar-refractivity contribution in [3.05, 3.63) is 23.3 Å². The summed E-state index contributed by atoms with van der Waals surface area (Å²) in [5.74, 6) is 1.13. The molecule has 0 atom stereocenters. The van der Waals surface area contributed by atoms with Gasteiger partial charge < -0.3 is 19.9 Å². The lowest BCUT2D eigenvalue weighted by Crippen LogP contribution is -2.36. The van der Waals surface area contributed by atoms with Crippen LogP contribution in [0.15, 0.2) is 16.7 Å². The smallest absolute Gasteiger partial charge is 0.266 e. The van der Waals surface area contributed by atoms with Gasteiger partial charge in [0.1, 0.15) is 0 Å². The minimum atomic E-state index is 0.513. The number of hydrogen-bond donors (Lipinski definition) is 1. The first-order chi connectivity index (χ1) is 9.65. The van der Waals surface area contributed by atoms with Gasteiger partial charge in [0, 0.05) is 24.3 Å². The number of benzene rings is 1. The Bertz CT molecular complexity index is 618. The Labute approximate surface area is 117 Å². The van der Waals surface area contributed by atoms with E-state index in [1.807, 2.05) is 26.0 Å². The van der Waals surface area contributed by atoms with Crippen molar-refractivity contribution < 1.29 is 9.26 Å².